The van der Waals surface area contributed by atoms with Crippen molar-refractivity contribution < 1.29 is 31.1 Å². The Morgan fingerprint density at radius 3 is 2.61 bits per heavy atom. The zero-order chi connectivity index (χ0) is 17.1. The smallest absolute Gasteiger partial charge is 0.493 e. The van der Waals surface area contributed by atoms with Crippen molar-refractivity contribution in [3.05, 3.63) is 30.5 Å². The van der Waals surface area contributed by atoms with Crippen LogP contribution in [0.15, 0.2) is 30.5 Å². The fraction of sp³-hybridized carbons (Fsp3) is 0.357. The van der Waals surface area contributed by atoms with Gasteiger partial charge in [0, 0.05) is 17.8 Å². The molecule has 1 heterocycles. The van der Waals surface area contributed by atoms with Crippen LogP contribution in [0.4, 0.5) is 13.2 Å². The van der Waals surface area contributed by atoms with Crippen molar-refractivity contribution in [1.82, 2.24) is 4.98 Å². The molecule has 126 valence electrons. The van der Waals surface area contributed by atoms with Gasteiger partial charge in [-0.25, -0.2) is 8.42 Å². The van der Waals surface area contributed by atoms with E-state index in [9.17, 15) is 21.6 Å². The van der Waals surface area contributed by atoms with Gasteiger partial charge in [-0.15, -0.1) is 13.2 Å². The maximum Gasteiger partial charge on any atom is 0.573 e. The third-order valence-electron chi connectivity index (χ3n) is 2.82. The summed E-state index contributed by atoms with van der Waals surface area (Å²) in [6.07, 6.45) is -1.93. The molecule has 5 nitrogen and oxygen atoms in total. The van der Waals surface area contributed by atoms with Crippen molar-refractivity contribution >= 4 is 20.7 Å². The Kier molecular flexibility index (Phi) is 4.98. The predicted molar refractivity (Wildman–Crippen MR) is 78.2 cm³/mol. The number of sulfone groups is 1. The van der Waals surface area contributed by atoms with E-state index < -0.39 is 16.2 Å². The van der Waals surface area contributed by atoms with Crippen LogP contribution >= 0.6 is 0 Å². The molecule has 0 N–H and O–H groups in total. The molecular formula is C14H14F3NO4S. The molecule has 0 spiro atoms. The van der Waals surface area contributed by atoms with Gasteiger partial charge in [0.1, 0.15) is 21.3 Å². The molecule has 0 aliphatic rings. The van der Waals surface area contributed by atoms with Gasteiger partial charge in [0.15, 0.2) is 0 Å². The van der Waals surface area contributed by atoms with E-state index in [1.807, 2.05) is 0 Å². The number of ether oxygens (including phenoxy) is 2. The molecule has 0 atom stereocenters. The molecule has 1 aromatic heterocycles. The molecule has 0 fully saturated rings. The monoisotopic (exact) mass is 349 g/mol. The Morgan fingerprint density at radius 2 is 1.96 bits per heavy atom. The topological polar surface area (TPSA) is 65.5 Å². The van der Waals surface area contributed by atoms with Crippen molar-refractivity contribution in [2.24, 2.45) is 0 Å². The molecule has 0 unspecified atom stereocenters. The van der Waals surface area contributed by atoms with Crippen LogP contribution in [0.2, 0.25) is 0 Å². The summed E-state index contributed by atoms with van der Waals surface area (Å²) in [5, 5.41) is 0.355. The highest BCUT2D eigenvalue weighted by atomic mass is 32.2. The van der Waals surface area contributed by atoms with Crippen LogP contribution in [0, 0.1) is 0 Å². The molecule has 0 amide bonds. The van der Waals surface area contributed by atoms with E-state index in [1.54, 1.807) is 0 Å². The number of halogens is 3. The summed E-state index contributed by atoms with van der Waals surface area (Å²) in [6, 6.07) is 5.23. The number of pyridine rings is 1. The maximum atomic E-state index is 12.3. The fourth-order valence-electron chi connectivity index (χ4n) is 1.93. The first-order chi connectivity index (χ1) is 10.6. The van der Waals surface area contributed by atoms with Crippen LogP contribution in [0.1, 0.15) is 6.42 Å². The highest BCUT2D eigenvalue weighted by Crippen LogP contribution is 2.30. The number of fused-ring (bicyclic) bond motifs is 1. The molecule has 0 saturated carbocycles. The van der Waals surface area contributed by atoms with Gasteiger partial charge in [0.05, 0.1) is 17.9 Å². The summed E-state index contributed by atoms with van der Waals surface area (Å²) < 4.78 is 68.2. The van der Waals surface area contributed by atoms with Crippen molar-refractivity contribution in [2.45, 2.75) is 12.8 Å². The highest BCUT2D eigenvalue weighted by molar-refractivity contribution is 7.90. The SMILES string of the molecule is CS(=O)(=O)CCCOc1ccnc2ccc(OC(F)(F)F)cc12. The summed E-state index contributed by atoms with van der Waals surface area (Å²) in [7, 11) is -3.09. The molecule has 23 heavy (non-hydrogen) atoms. The van der Waals surface area contributed by atoms with Crippen LogP contribution < -0.4 is 9.47 Å². The van der Waals surface area contributed by atoms with Crippen molar-refractivity contribution in [3.63, 3.8) is 0 Å². The number of nitrogens with zero attached hydrogens (tertiary/aromatic N) is 1. The second kappa shape index (κ2) is 6.61. The molecule has 0 radical (unpaired) electrons. The highest BCUT2D eigenvalue weighted by Gasteiger charge is 2.31. The Labute approximate surface area is 131 Å². The lowest BCUT2D eigenvalue weighted by Gasteiger charge is -2.12. The molecule has 0 aliphatic carbocycles. The Morgan fingerprint density at radius 1 is 1.22 bits per heavy atom. The van der Waals surface area contributed by atoms with E-state index in [0.29, 0.717) is 16.7 Å². The lowest BCUT2D eigenvalue weighted by molar-refractivity contribution is -0.274. The lowest BCUT2D eigenvalue weighted by Crippen LogP contribution is -2.17. The number of aromatic nitrogens is 1. The van der Waals surface area contributed by atoms with Crippen molar-refractivity contribution in [1.29, 1.82) is 0 Å². The second-order valence-electron chi connectivity index (χ2n) is 4.87. The van der Waals surface area contributed by atoms with Gasteiger partial charge in [-0.1, -0.05) is 0 Å². The summed E-state index contributed by atoms with van der Waals surface area (Å²) in [4.78, 5) is 4.03. The molecule has 2 rings (SSSR count). The first-order valence-corrected chi connectivity index (χ1v) is 8.65. The normalized spacial score (nSPS) is 12.3. The summed E-state index contributed by atoms with van der Waals surface area (Å²) >= 11 is 0. The van der Waals surface area contributed by atoms with Crippen LogP contribution in [0.3, 0.4) is 0 Å². The van der Waals surface area contributed by atoms with Gasteiger partial charge in [0.25, 0.3) is 0 Å². The molecule has 1 aromatic carbocycles. The van der Waals surface area contributed by atoms with Crippen molar-refractivity contribution in [2.75, 3.05) is 18.6 Å². The third kappa shape index (κ3) is 5.59. The molecule has 0 aliphatic heterocycles. The first-order valence-electron chi connectivity index (χ1n) is 6.59. The van der Waals surface area contributed by atoms with Gasteiger partial charge < -0.3 is 9.47 Å². The standard InChI is InChI=1S/C14H14F3NO4S/c1-23(19,20)8-2-7-21-13-5-6-18-12-4-3-10(9-11(12)13)22-14(15,16)17/h3-6,9H,2,7-8H2,1H3. The minimum Gasteiger partial charge on any atom is -0.493 e. The third-order valence-corrected chi connectivity index (χ3v) is 3.85. The average Bonchev–Trinajstić information content (AvgIpc) is 2.41. The summed E-state index contributed by atoms with van der Waals surface area (Å²) in [5.74, 6) is -0.0894. The Hall–Kier alpha value is -2.03. The zero-order valence-electron chi connectivity index (χ0n) is 12.1. The fourth-order valence-corrected chi connectivity index (χ4v) is 2.57. The van der Waals surface area contributed by atoms with Gasteiger partial charge in [-0.2, -0.15) is 0 Å². The van der Waals surface area contributed by atoms with E-state index in [1.165, 1.54) is 24.4 Å². The van der Waals surface area contributed by atoms with Gasteiger partial charge >= 0.3 is 6.36 Å². The molecule has 9 heteroatoms. The number of alkyl halides is 3. The average molecular weight is 349 g/mol. The predicted octanol–water partition coefficient (Wildman–Crippen LogP) is 2.95. The minimum absolute atomic E-state index is 0.0293. The molecular weight excluding hydrogens is 335 g/mol. The summed E-state index contributed by atoms with van der Waals surface area (Å²) in [6.45, 7) is 0.122. The minimum atomic E-state index is -4.79. The zero-order valence-corrected chi connectivity index (χ0v) is 12.9. The van der Waals surface area contributed by atoms with Crippen LogP contribution in [0.25, 0.3) is 10.9 Å². The second-order valence-corrected chi connectivity index (χ2v) is 7.13. The number of hydrogen-bond donors (Lipinski definition) is 0. The summed E-state index contributed by atoms with van der Waals surface area (Å²) in [5.41, 5.74) is 0.445. The molecule has 0 bridgehead atoms. The Bertz CT molecular complexity index is 790. The molecule has 2 aromatic rings. The number of hydrogen-bond acceptors (Lipinski definition) is 5. The van der Waals surface area contributed by atoms with Crippen LogP contribution in [-0.2, 0) is 9.84 Å². The van der Waals surface area contributed by atoms with Gasteiger partial charge in [-0.3, -0.25) is 4.98 Å². The van der Waals surface area contributed by atoms with Gasteiger partial charge in [-0.05, 0) is 30.7 Å². The number of benzene rings is 1. The Balaban J connectivity index is 2.17. The van der Waals surface area contributed by atoms with E-state index in [-0.39, 0.29) is 24.5 Å². The maximum absolute atomic E-state index is 12.3. The van der Waals surface area contributed by atoms with E-state index in [0.717, 1.165) is 12.3 Å². The van der Waals surface area contributed by atoms with E-state index in [4.69, 9.17) is 4.74 Å². The van der Waals surface area contributed by atoms with E-state index in [2.05, 4.69) is 9.72 Å². The molecule has 0 saturated heterocycles. The number of rotatable bonds is 6. The van der Waals surface area contributed by atoms with Crippen LogP contribution in [-0.4, -0.2) is 38.4 Å². The first kappa shape index (κ1) is 17.3. The van der Waals surface area contributed by atoms with Crippen molar-refractivity contribution in [3.8, 4) is 11.5 Å². The quantitative estimate of drug-likeness (QED) is 0.750. The van der Waals surface area contributed by atoms with E-state index >= 15 is 0 Å². The van der Waals surface area contributed by atoms with Crippen LogP contribution in [0.5, 0.6) is 11.5 Å². The lowest BCUT2D eigenvalue weighted by atomic mass is 10.2. The largest absolute Gasteiger partial charge is 0.573 e. The van der Waals surface area contributed by atoms with Gasteiger partial charge in [0.2, 0.25) is 0 Å².